The van der Waals surface area contributed by atoms with Gasteiger partial charge >= 0.3 is 0 Å². The van der Waals surface area contributed by atoms with E-state index in [9.17, 15) is 8.42 Å². The van der Waals surface area contributed by atoms with Gasteiger partial charge in [-0.1, -0.05) is 13.3 Å². The molecule has 1 fully saturated rings. The Balaban J connectivity index is 2.67. The lowest BCUT2D eigenvalue weighted by molar-refractivity contribution is 0.267. The number of nitrogens with zero attached hydrogens (tertiary/aromatic N) is 1. The van der Waals surface area contributed by atoms with Gasteiger partial charge in [0.15, 0.2) is 0 Å². The van der Waals surface area contributed by atoms with Gasteiger partial charge in [0.2, 0.25) is 10.0 Å². The number of sulfonamides is 1. The highest BCUT2D eigenvalue weighted by Gasteiger charge is 2.30. The van der Waals surface area contributed by atoms with Crippen LogP contribution in [0.2, 0.25) is 0 Å². The molecule has 1 saturated heterocycles. The maximum Gasteiger partial charge on any atom is 0.214 e. The van der Waals surface area contributed by atoms with Gasteiger partial charge in [0.05, 0.1) is 5.75 Å². The molecule has 0 saturated carbocycles. The first-order chi connectivity index (χ1) is 6.97. The van der Waals surface area contributed by atoms with Crippen LogP contribution in [-0.2, 0) is 10.0 Å². The molecule has 90 valence electrons. The molecule has 0 amide bonds. The standard InChI is InChI=1S/C10H20ClNO2S/c1-9(7-11)8-15(13,14)12-6-4-3-5-10(12)2/h9-10H,3-8H2,1-2H3. The summed E-state index contributed by atoms with van der Waals surface area (Å²) in [5, 5.41) is 0. The molecule has 3 nitrogen and oxygen atoms in total. The predicted molar refractivity (Wildman–Crippen MR) is 63.7 cm³/mol. The van der Waals surface area contributed by atoms with Crippen molar-refractivity contribution in [2.45, 2.75) is 39.2 Å². The Morgan fingerprint density at radius 2 is 2.13 bits per heavy atom. The van der Waals surface area contributed by atoms with Crippen molar-refractivity contribution in [3.8, 4) is 0 Å². The van der Waals surface area contributed by atoms with Crippen molar-refractivity contribution >= 4 is 21.6 Å². The van der Waals surface area contributed by atoms with Crippen molar-refractivity contribution in [3.63, 3.8) is 0 Å². The van der Waals surface area contributed by atoms with E-state index >= 15 is 0 Å². The number of rotatable bonds is 4. The van der Waals surface area contributed by atoms with Crippen molar-refractivity contribution in [2.24, 2.45) is 5.92 Å². The maximum absolute atomic E-state index is 12.0. The average Bonchev–Trinajstić information content (AvgIpc) is 2.17. The van der Waals surface area contributed by atoms with Gasteiger partial charge < -0.3 is 0 Å². The molecule has 0 bridgehead atoms. The van der Waals surface area contributed by atoms with Crippen LogP contribution in [0, 0.1) is 5.92 Å². The zero-order valence-corrected chi connectivity index (χ0v) is 11.0. The van der Waals surface area contributed by atoms with Crippen molar-refractivity contribution in [1.29, 1.82) is 0 Å². The van der Waals surface area contributed by atoms with E-state index in [2.05, 4.69) is 0 Å². The molecule has 5 heteroatoms. The van der Waals surface area contributed by atoms with Crippen molar-refractivity contribution < 1.29 is 8.42 Å². The van der Waals surface area contributed by atoms with E-state index in [4.69, 9.17) is 11.6 Å². The lowest BCUT2D eigenvalue weighted by Crippen LogP contribution is -2.44. The van der Waals surface area contributed by atoms with Crippen molar-refractivity contribution in [2.75, 3.05) is 18.2 Å². The molecule has 0 radical (unpaired) electrons. The first-order valence-electron chi connectivity index (χ1n) is 5.53. The highest BCUT2D eigenvalue weighted by molar-refractivity contribution is 7.89. The number of piperidine rings is 1. The fourth-order valence-electron chi connectivity index (χ4n) is 1.98. The van der Waals surface area contributed by atoms with Crippen LogP contribution < -0.4 is 0 Å². The Bertz CT molecular complexity index is 292. The minimum Gasteiger partial charge on any atom is -0.212 e. The number of halogens is 1. The number of alkyl halides is 1. The van der Waals surface area contributed by atoms with Gasteiger partial charge in [0.1, 0.15) is 0 Å². The molecule has 1 rings (SSSR count). The van der Waals surface area contributed by atoms with Crippen LogP contribution in [0.25, 0.3) is 0 Å². The summed E-state index contributed by atoms with van der Waals surface area (Å²) in [6.45, 7) is 4.54. The quantitative estimate of drug-likeness (QED) is 0.720. The van der Waals surface area contributed by atoms with Crippen LogP contribution in [0.15, 0.2) is 0 Å². The van der Waals surface area contributed by atoms with Crippen LogP contribution in [0.1, 0.15) is 33.1 Å². The van der Waals surface area contributed by atoms with E-state index in [-0.39, 0.29) is 17.7 Å². The van der Waals surface area contributed by atoms with Gasteiger partial charge in [0, 0.05) is 18.5 Å². The molecule has 0 aromatic rings. The molecule has 1 aliphatic heterocycles. The third-order valence-electron chi connectivity index (χ3n) is 2.86. The van der Waals surface area contributed by atoms with Crippen LogP contribution in [0.4, 0.5) is 0 Å². The monoisotopic (exact) mass is 253 g/mol. The summed E-state index contributed by atoms with van der Waals surface area (Å²) in [6.07, 6.45) is 3.10. The Hall–Kier alpha value is 0.200. The molecule has 1 heterocycles. The molecule has 0 N–H and O–H groups in total. The molecule has 0 aromatic heterocycles. The zero-order valence-electron chi connectivity index (χ0n) is 9.45. The summed E-state index contributed by atoms with van der Waals surface area (Å²) in [6, 6.07) is 0.159. The Labute approximate surface area is 97.8 Å². The smallest absolute Gasteiger partial charge is 0.212 e. The SMILES string of the molecule is CC(CCl)CS(=O)(=O)N1CCCCC1C. The summed E-state index contributed by atoms with van der Waals surface area (Å²) in [5.74, 6) is 0.619. The van der Waals surface area contributed by atoms with E-state index in [0.717, 1.165) is 19.3 Å². The lowest BCUT2D eigenvalue weighted by atomic mass is 10.1. The molecule has 2 unspecified atom stereocenters. The van der Waals surface area contributed by atoms with Gasteiger partial charge in [-0.2, -0.15) is 4.31 Å². The second-order valence-electron chi connectivity index (χ2n) is 4.49. The normalized spacial score (nSPS) is 26.5. The number of hydrogen-bond donors (Lipinski definition) is 0. The minimum absolute atomic E-state index is 0.0331. The highest BCUT2D eigenvalue weighted by atomic mass is 35.5. The largest absolute Gasteiger partial charge is 0.214 e. The summed E-state index contributed by atoms with van der Waals surface area (Å²) in [5.41, 5.74) is 0. The Morgan fingerprint density at radius 1 is 1.47 bits per heavy atom. The molecular formula is C10H20ClNO2S. The fourth-order valence-corrected chi connectivity index (χ4v) is 4.31. The molecule has 0 aliphatic carbocycles. The van der Waals surface area contributed by atoms with Crippen LogP contribution in [-0.4, -0.2) is 36.9 Å². The van der Waals surface area contributed by atoms with Gasteiger partial charge in [-0.05, 0) is 25.7 Å². The van der Waals surface area contributed by atoms with E-state index in [1.165, 1.54) is 0 Å². The second kappa shape index (κ2) is 5.51. The first-order valence-corrected chi connectivity index (χ1v) is 7.67. The third kappa shape index (κ3) is 3.61. The Morgan fingerprint density at radius 3 is 2.67 bits per heavy atom. The summed E-state index contributed by atoms with van der Waals surface area (Å²) >= 11 is 5.65. The number of hydrogen-bond acceptors (Lipinski definition) is 2. The maximum atomic E-state index is 12.0. The zero-order chi connectivity index (χ0) is 11.5. The first kappa shape index (κ1) is 13.3. The van der Waals surface area contributed by atoms with Crippen LogP contribution >= 0.6 is 11.6 Å². The lowest BCUT2D eigenvalue weighted by Gasteiger charge is -2.32. The summed E-state index contributed by atoms with van der Waals surface area (Å²) < 4.78 is 25.7. The van der Waals surface area contributed by atoms with Gasteiger partial charge in [-0.25, -0.2) is 8.42 Å². The van der Waals surface area contributed by atoms with Crippen LogP contribution in [0.5, 0.6) is 0 Å². The van der Waals surface area contributed by atoms with Crippen LogP contribution in [0.3, 0.4) is 0 Å². The topological polar surface area (TPSA) is 37.4 Å². The summed E-state index contributed by atoms with van der Waals surface area (Å²) in [7, 11) is -3.09. The van der Waals surface area contributed by atoms with Gasteiger partial charge in [0.25, 0.3) is 0 Å². The molecule has 15 heavy (non-hydrogen) atoms. The molecule has 2 atom stereocenters. The minimum atomic E-state index is -3.09. The fraction of sp³-hybridized carbons (Fsp3) is 1.00. The summed E-state index contributed by atoms with van der Waals surface area (Å²) in [4.78, 5) is 0. The van der Waals surface area contributed by atoms with E-state index in [1.807, 2.05) is 13.8 Å². The average molecular weight is 254 g/mol. The molecule has 1 aliphatic rings. The van der Waals surface area contributed by atoms with Crippen molar-refractivity contribution in [1.82, 2.24) is 4.31 Å². The molecular weight excluding hydrogens is 234 g/mol. The highest BCUT2D eigenvalue weighted by Crippen LogP contribution is 2.21. The predicted octanol–water partition coefficient (Wildman–Crippen LogP) is 2.07. The molecule has 0 spiro atoms. The second-order valence-corrected chi connectivity index (χ2v) is 6.77. The van der Waals surface area contributed by atoms with Crippen molar-refractivity contribution in [3.05, 3.63) is 0 Å². The van der Waals surface area contributed by atoms with Gasteiger partial charge in [-0.15, -0.1) is 11.6 Å². The van der Waals surface area contributed by atoms with E-state index < -0.39 is 10.0 Å². The third-order valence-corrected chi connectivity index (χ3v) is 5.63. The van der Waals surface area contributed by atoms with Gasteiger partial charge in [-0.3, -0.25) is 0 Å². The van der Waals surface area contributed by atoms with E-state index in [1.54, 1.807) is 4.31 Å². The Kier molecular flexibility index (Phi) is 4.87. The molecule has 0 aromatic carbocycles. The van der Waals surface area contributed by atoms with E-state index in [0.29, 0.717) is 12.4 Å².